The molecule has 0 saturated heterocycles. The maximum atomic E-state index is 6.11. The molecule has 0 amide bonds. The fourth-order valence-electron chi connectivity index (χ4n) is 1.80. The predicted octanol–water partition coefficient (Wildman–Crippen LogP) is 3.32. The third-order valence-corrected chi connectivity index (χ3v) is 3.38. The zero-order valence-electron chi connectivity index (χ0n) is 10.4. The van der Waals surface area contributed by atoms with Crippen molar-refractivity contribution in [3.8, 4) is 0 Å². The first kappa shape index (κ1) is 12.2. The average molecular weight is 275 g/mol. The first-order valence-corrected chi connectivity index (χ1v) is 6.75. The number of hydrogen-bond acceptors (Lipinski definition) is 4. The van der Waals surface area contributed by atoms with Crippen molar-refractivity contribution in [1.29, 1.82) is 0 Å². The molecular formula is C14H15ClN4. The largest absolute Gasteiger partial charge is 0.367 e. The van der Waals surface area contributed by atoms with E-state index in [-0.39, 0.29) is 0 Å². The SMILES string of the molecule is Clc1ccccc1CNc1cc(NC2CC2)ncn1. The summed E-state index contributed by atoms with van der Waals surface area (Å²) in [5.41, 5.74) is 1.06. The van der Waals surface area contributed by atoms with Gasteiger partial charge in [-0.25, -0.2) is 9.97 Å². The average Bonchev–Trinajstić information content (AvgIpc) is 3.22. The lowest BCUT2D eigenvalue weighted by Crippen LogP contribution is -2.06. The number of benzene rings is 1. The molecule has 1 saturated carbocycles. The molecule has 0 spiro atoms. The summed E-state index contributed by atoms with van der Waals surface area (Å²) in [6, 6.07) is 10.3. The molecule has 0 aliphatic heterocycles. The Bertz CT molecular complexity index is 569. The second-order valence-corrected chi connectivity index (χ2v) is 5.06. The molecule has 0 atom stereocenters. The van der Waals surface area contributed by atoms with Gasteiger partial charge in [-0.2, -0.15) is 0 Å². The molecule has 1 fully saturated rings. The van der Waals surface area contributed by atoms with Gasteiger partial charge < -0.3 is 10.6 Å². The van der Waals surface area contributed by atoms with E-state index in [2.05, 4.69) is 20.6 Å². The minimum atomic E-state index is 0.589. The Labute approximate surface area is 117 Å². The highest BCUT2D eigenvalue weighted by Gasteiger charge is 2.21. The van der Waals surface area contributed by atoms with E-state index >= 15 is 0 Å². The van der Waals surface area contributed by atoms with E-state index in [0.29, 0.717) is 12.6 Å². The van der Waals surface area contributed by atoms with Gasteiger partial charge in [0.15, 0.2) is 0 Å². The summed E-state index contributed by atoms with van der Waals surface area (Å²) < 4.78 is 0. The van der Waals surface area contributed by atoms with Gasteiger partial charge in [0.05, 0.1) is 0 Å². The van der Waals surface area contributed by atoms with Crippen LogP contribution >= 0.6 is 11.6 Å². The van der Waals surface area contributed by atoms with Crippen molar-refractivity contribution < 1.29 is 0 Å². The number of hydrogen-bond donors (Lipinski definition) is 2. The van der Waals surface area contributed by atoms with Gasteiger partial charge in [-0.05, 0) is 24.5 Å². The van der Waals surface area contributed by atoms with E-state index in [9.17, 15) is 0 Å². The Kier molecular flexibility index (Phi) is 3.51. The first-order valence-electron chi connectivity index (χ1n) is 6.37. The van der Waals surface area contributed by atoms with Gasteiger partial charge in [0, 0.05) is 23.7 Å². The predicted molar refractivity (Wildman–Crippen MR) is 77.5 cm³/mol. The minimum absolute atomic E-state index is 0.589. The number of aromatic nitrogens is 2. The fraction of sp³-hybridized carbons (Fsp3) is 0.286. The maximum absolute atomic E-state index is 6.11. The molecule has 19 heavy (non-hydrogen) atoms. The van der Waals surface area contributed by atoms with Crippen molar-refractivity contribution in [3.63, 3.8) is 0 Å². The summed E-state index contributed by atoms with van der Waals surface area (Å²) in [5.74, 6) is 1.68. The molecular weight excluding hydrogens is 260 g/mol. The molecule has 1 heterocycles. The molecule has 0 unspecified atom stereocenters. The Morgan fingerprint density at radius 3 is 2.74 bits per heavy atom. The van der Waals surface area contributed by atoms with E-state index in [1.165, 1.54) is 12.8 Å². The highest BCUT2D eigenvalue weighted by molar-refractivity contribution is 6.31. The van der Waals surface area contributed by atoms with Crippen LogP contribution in [0.3, 0.4) is 0 Å². The quantitative estimate of drug-likeness (QED) is 0.878. The van der Waals surface area contributed by atoms with E-state index in [1.54, 1.807) is 6.33 Å². The van der Waals surface area contributed by atoms with Crippen LogP contribution in [0.5, 0.6) is 0 Å². The van der Waals surface area contributed by atoms with E-state index in [0.717, 1.165) is 22.2 Å². The summed E-state index contributed by atoms with van der Waals surface area (Å²) in [6.45, 7) is 0.652. The Hall–Kier alpha value is -1.81. The lowest BCUT2D eigenvalue weighted by molar-refractivity contribution is 1.05. The third-order valence-electron chi connectivity index (χ3n) is 3.01. The monoisotopic (exact) mass is 274 g/mol. The first-order chi connectivity index (χ1) is 9.31. The molecule has 2 aromatic rings. The van der Waals surface area contributed by atoms with Crippen molar-refractivity contribution in [2.75, 3.05) is 10.6 Å². The Morgan fingerprint density at radius 1 is 1.16 bits per heavy atom. The molecule has 1 aromatic carbocycles. The van der Waals surface area contributed by atoms with Crippen LogP contribution in [0.25, 0.3) is 0 Å². The number of nitrogens with zero attached hydrogens (tertiary/aromatic N) is 2. The molecule has 4 nitrogen and oxygen atoms in total. The number of anilines is 2. The van der Waals surface area contributed by atoms with Gasteiger partial charge in [0.1, 0.15) is 18.0 Å². The van der Waals surface area contributed by atoms with Gasteiger partial charge in [-0.1, -0.05) is 29.8 Å². The lowest BCUT2D eigenvalue weighted by atomic mass is 10.2. The van der Waals surface area contributed by atoms with Gasteiger partial charge in [-0.15, -0.1) is 0 Å². The highest BCUT2D eigenvalue weighted by Crippen LogP contribution is 2.24. The lowest BCUT2D eigenvalue weighted by Gasteiger charge is -2.09. The van der Waals surface area contributed by atoms with Gasteiger partial charge >= 0.3 is 0 Å². The van der Waals surface area contributed by atoms with Gasteiger partial charge in [0.25, 0.3) is 0 Å². The highest BCUT2D eigenvalue weighted by atomic mass is 35.5. The van der Waals surface area contributed by atoms with E-state index < -0.39 is 0 Å². The van der Waals surface area contributed by atoms with Crippen LogP contribution in [0.4, 0.5) is 11.6 Å². The van der Waals surface area contributed by atoms with Gasteiger partial charge in [0.2, 0.25) is 0 Å². The molecule has 2 N–H and O–H groups in total. The minimum Gasteiger partial charge on any atom is -0.367 e. The standard InChI is InChI=1S/C14H15ClN4/c15-12-4-2-1-3-10(12)8-16-13-7-14(18-9-17-13)19-11-5-6-11/h1-4,7,9,11H,5-6,8H2,(H2,16,17,18,19). The Morgan fingerprint density at radius 2 is 1.95 bits per heavy atom. The summed E-state index contributed by atoms with van der Waals surface area (Å²) in [4.78, 5) is 8.41. The normalized spacial score (nSPS) is 14.2. The van der Waals surface area contributed by atoms with Crippen molar-refractivity contribution in [2.45, 2.75) is 25.4 Å². The third kappa shape index (κ3) is 3.35. The van der Waals surface area contributed by atoms with Crippen LogP contribution in [0.1, 0.15) is 18.4 Å². The van der Waals surface area contributed by atoms with E-state index in [4.69, 9.17) is 11.6 Å². The zero-order chi connectivity index (χ0) is 13.1. The number of nitrogens with one attached hydrogen (secondary N) is 2. The molecule has 1 aromatic heterocycles. The summed E-state index contributed by atoms with van der Waals surface area (Å²) in [7, 11) is 0. The fourth-order valence-corrected chi connectivity index (χ4v) is 2.00. The van der Waals surface area contributed by atoms with Crippen molar-refractivity contribution in [3.05, 3.63) is 47.2 Å². The second kappa shape index (κ2) is 5.45. The summed E-state index contributed by atoms with van der Waals surface area (Å²) in [6.07, 6.45) is 4.03. The molecule has 3 rings (SSSR count). The van der Waals surface area contributed by atoms with Gasteiger partial charge in [-0.3, -0.25) is 0 Å². The molecule has 1 aliphatic rings. The number of halogens is 1. The zero-order valence-corrected chi connectivity index (χ0v) is 11.2. The van der Waals surface area contributed by atoms with Crippen LogP contribution in [0.2, 0.25) is 5.02 Å². The molecule has 1 aliphatic carbocycles. The topological polar surface area (TPSA) is 49.8 Å². The van der Waals surface area contributed by atoms with Crippen LogP contribution in [0.15, 0.2) is 36.7 Å². The molecule has 98 valence electrons. The maximum Gasteiger partial charge on any atom is 0.131 e. The van der Waals surface area contributed by atoms with Crippen LogP contribution in [-0.4, -0.2) is 16.0 Å². The Balaban J connectivity index is 1.64. The van der Waals surface area contributed by atoms with Crippen LogP contribution < -0.4 is 10.6 Å². The molecule has 5 heteroatoms. The van der Waals surface area contributed by atoms with E-state index in [1.807, 2.05) is 30.3 Å². The smallest absolute Gasteiger partial charge is 0.131 e. The number of rotatable bonds is 5. The summed E-state index contributed by atoms with van der Waals surface area (Å²) >= 11 is 6.11. The van der Waals surface area contributed by atoms with Crippen molar-refractivity contribution in [2.24, 2.45) is 0 Å². The molecule has 0 radical (unpaired) electrons. The van der Waals surface area contributed by atoms with Crippen LogP contribution in [0, 0.1) is 0 Å². The summed E-state index contributed by atoms with van der Waals surface area (Å²) in [5, 5.41) is 7.37. The van der Waals surface area contributed by atoms with Crippen LogP contribution in [-0.2, 0) is 6.54 Å². The van der Waals surface area contributed by atoms with Crippen molar-refractivity contribution >= 4 is 23.2 Å². The molecule has 0 bridgehead atoms. The second-order valence-electron chi connectivity index (χ2n) is 4.65. The van der Waals surface area contributed by atoms with Crippen molar-refractivity contribution in [1.82, 2.24) is 9.97 Å².